The van der Waals surface area contributed by atoms with E-state index in [1.54, 1.807) is 0 Å². The fourth-order valence-electron chi connectivity index (χ4n) is 2.94. The van der Waals surface area contributed by atoms with Gasteiger partial charge < -0.3 is 5.32 Å². The Hall–Kier alpha value is -1.91. The largest absolute Gasteiger partial charge is 0.349 e. The van der Waals surface area contributed by atoms with Gasteiger partial charge in [-0.05, 0) is 43.0 Å². The van der Waals surface area contributed by atoms with E-state index in [1.807, 2.05) is 6.07 Å². The third-order valence-corrected chi connectivity index (χ3v) is 5.70. The van der Waals surface area contributed by atoms with Gasteiger partial charge in [-0.3, -0.25) is 4.79 Å². The summed E-state index contributed by atoms with van der Waals surface area (Å²) >= 11 is 0. The van der Waals surface area contributed by atoms with E-state index in [1.165, 1.54) is 30.7 Å². The lowest BCUT2D eigenvalue weighted by Gasteiger charge is -2.27. The molecule has 1 aromatic rings. The van der Waals surface area contributed by atoms with Crippen LogP contribution in [0.2, 0.25) is 0 Å². The number of carbonyl (C=O) groups excluding carboxylic acids is 1. The SMILES string of the molecule is CC1CCCC(NC(=O)c2ccc(S(=O)(=O)NCCC#N)cc2)C1. The highest BCUT2D eigenvalue weighted by Crippen LogP contribution is 2.23. The second-order valence-corrected chi connectivity index (χ2v) is 8.04. The number of nitrogens with zero attached hydrogens (tertiary/aromatic N) is 1. The third kappa shape index (κ3) is 5.05. The summed E-state index contributed by atoms with van der Waals surface area (Å²) in [5, 5.41) is 11.5. The van der Waals surface area contributed by atoms with Crippen molar-refractivity contribution in [3.05, 3.63) is 29.8 Å². The Balaban J connectivity index is 1.98. The second-order valence-electron chi connectivity index (χ2n) is 6.27. The van der Waals surface area contributed by atoms with Crippen molar-refractivity contribution in [1.82, 2.24) is 10.0 Å². The quantitative estimate of drug-likeness (QED) is 0.769. The number of carbonyl (C=O) groups is 1. The van der Waals surface area contributed by atoms with Crippen LogP contribution in [0.15, 0.2) is 29.2 Å². The molecule has 1 fully saturated rings. The van der Waals surface area contributed by atoms with Gasteiger partial charge in [0.1, 0.15) is 0 Å². The topological polar surface area (TPSA) is 99.1 Å². The first kappa shape index (κ1) is 18.4. The minimum absolute atomic E-state index is 0.0704. The van der Waals surface area contributed by atoms with Crippen LogP contribution in [0.3, 0.4) is 0 Å². The molecule has 1 aliphatic rings. The van der Waals surface area contributed by atoms with Gasteiger partial charge in [-0.25, -0.2) is 13.1 Å². The van der Waals surface area contributed by atoms with E-state index in [2.05, 4.69) is 17.0 Å². The summed E-state index contributed by atoms with van der Waals surface area (Å²) in [5.41, 5.74) is 0.448. The van der Waals surface area contributed by atoms with Crippen LogP contribution in [0, 0.1) is 17.2 Å². The van der Waals surface area contributed by atoms with Crippen molar-refractivity contribution in [3.8, 4) is 6.07 Å². The molecule has 130 valence electrons. The molecule has 0 radical (unpaired) electrons. The van der Waals surface area contributed by atoms with E-state index in [0.717, 1.165) is 19.3 Å². The zero-order valence-electron chi connectivity index (χ0n) is 13.8. The number of rotatable bonds is 6. The summed E-state index contributed by atoms with van der Waals surface area (Å²) in [6.45, 7) is 2.26. The van der Waals surface area contributed by atoms with Gasteiger partial charge in [-0.15, -0.1) is 0 Å². The number of hydrogen-bond donors (Lipinski definition) is 2. The molecule has 2 N–H and O–H groups in total. The Bertz CT molecular complexity index is 708. The highest BCUT2D eigenvalue weighted by atomic mass is 32.2. The fraction of sp³-hybridized carbons (Fsp3) is 0.529. The Morgan fingerprint density at radius 2 is 2.00 bits per heavy atom. The van der Waals surface area contributed by atoms with Gasteiger partial charge in [0.25, 0.3) is 5.91 Å². The Morgan fingerprint density at radius 3 is 2.62 bits per heavy atom. The van der Waals surface area contributed by atoms with Gasteiger partial charge in [0, 0.05) is 24.6 Å². The first-order valence-corrected chi connectivity index (χ1v) is 9.68. The smallest absolute Gasteiger partial charge is 0.251 e. The van der Waals surface area contributed by atoms with E-state index in [4.69, 9.17) is 5.26 Å². The van der Waals surface area contributed by atoms with Crippen molar-refractivity contribution in [3.63, 3.8) is 0 Å². The van der Waals surface area contributed by atoms with E-state index in [0.29, 0.717) is 11.5 Å². The Kier molecular flexibility index (Phi) is 6.35. The molecule has 1 aromatic carbocycles. The van der Waals surface area contributed by atoms with Gasteiger partial charge in [-0.1, -0.05) is 19.8 Å². The predicted octanol–water partition coefficient (Wildman–Crippen LogP) is 2.19. The lowest BCUT2D eigenvalue weighted by atomic mass is 9.87. The number of nitrogens with one attached hydrogen (secondary N) is 2. The van der Waals surface area contributed by atoms with Crippen molar-refractivity contribution < 1.29 is 13.2 Å². The fourth-order valence-corrected chi connectivity index (χ4v) is 3.98. The van der Waals surface area contributed by atoms with E-state index >= 15 is 0 Å². The maximum Gasteiger partial charge on any atom is 0.251 e. The van der Waals surface area contributed by atoms with E-state index in [-0.39, 0.29) is 29.8 Å². The van der Waals surface area contributed by atoms with Crippen molar-refractivity contribution in [1.29, 1.82) is 5.26 Å². The van der Waals surface area contributed by atoms with Crippen molar-refractivity contribution in [2.75, 3.05) is 6.54 Å². The summed E-state index contributed by atoms with van der Waals surface area (Å²) in [4.78, 5) is 12.4. The maximum atomic E-state index is 12.3. The Labute approximate surface area is 143 Å². The predicted molar refractivity (Wildman–Crippen MR) is 90.7 cm³/mol. The van der Waals surface area contributed by atoms with Gasteiger partial charge in [-0.2, -0.15) is 5.26 Å². The molecule has 1 saturated carbocycles. The minimum Gasteiger partial charge on any atom is -0.349 e. The van der Waals surface area contributed by atoms with Crippen molar-refractivity contribution >= 4 is 15.9 Å². The molecular formula is C17H23N3O3S. The highest BCUT2D eigenvalue weighted by molar-refractivity contribution is 7.89. The molecule has 1 aliphatic carbocycles. The number of amides is 1. The van der Waals surface area contributed by atoms with Crippen LogP contribution in [0.1, 0.15) is 49.4 Å². The molecule has 0 heterocycles. The van der Waals surface area contributed by atoms with Crippen LogP contribution in [0.4, 0.5) is 0 Å². The van der Waals surface area contributed by atoms with Crippen LogP contribution in [-0.2, 0) is 10.0 Å². The lowest BCUT2D eigenvalue weighted by Crippen LogP contribution is -2.38. The van der Waals surface area contributed by atoms with Gasteiger partial charge in [0.05, 0.1) is 11.0 Å². The molecule has 0 saturated heterocycles. The molecule has 0 aliphatic heterocycles. The number of nitriles is 1. The average molecular weight is 349 g/mol. The molecule has 2 atom stereocenters. The normalized spacial score (nSPS) is 21.0. The van der Waals surface area contributed by atoms with E-state index in [9.17, 15) is 13.2 Å². The molecule has 6 nitrogen and oxygen atoms in total. The summed E-state index contributed by atoms with van der Waals surface area (Å²) in [6.07, 6.45) is 4.42. The summed E-state index contributed by atoms with van der Waals surface area (Å²) < 4.78 is 26.4. The zero-order valence-corrected chi connectivity index (χ0v) is 14.6. The van der Waals surface area contributed by atoms with Crippen molar-refractivity contribution in [2.24, 2.45) is 5.92 Å². The standard InChI is InChI=1S/C17H23N3O3S/c1-13-4-2-5-15(12-13)20-17(21)14-6-8-16(9-7-14)24(22,23)19-11-3-10-18/h6-9,13,15,19H,2-5,11-12H2,1H3,(H,20,21). The molecule has 24 heavy (non-hydrogen) atoms. The highest BCUT2D eigenvalue weighted by Gasteiger charge is 2.21. The molecular weight excluding hydrogens is 326 g/mol. The van der Waals surface area contributed by atoms with Gasteiger partial charge in [0.2, 0.25) is 10.0 Å². The summed E-state index contributed by atoms with van der Waals surface area (Å²) in [6, 6.07) is 7.92. The van der Waals surface area contributed by atoms with Crippen LogP contribution in [0.5, 0.6) is 0 Å². The number of hydrogen-bond acceptors (Lipinski definition) is 4. The second kappa shape index (κ2) is 8.27. The molecule has 2 unspecified atom stereocenters. The lowest BCUT2D eigenvalue weighted by molar-refractivity contribution is 0.0921. The third-order valence-electron chi connectivity index (χ3n) is 4.23. The Morgan fingerprint density at radius 1 is 1.29 bits per heavy atom. The summed E-state index contributed by atoms with van der Waals surface area (Å²) in [5.74, 6) is 0.451. The molecule has 0 spiro atoms. The molecule has 7 heteroatoms. The van der Waals surface area contributed by atoms with E-state index < -0.39 is 10.0 Å². The zero-order chi connectivity index (χ0) is 17.6. The molecule has 0 aromatic heterocycles. The first-order chi connectivity index (χ1) is 11.4. The monoisotopic (exact) mass is 349 g/mol. The van der Waals surface area contributed by atoms with Crippen LogP contribution in [-0.4, -0.2) is 26.9 Å². The average Bonchev–Trinajstić information content (AvgIpc) is 2.55. The number of sulfonamides is 1. The van der Waals surface area contributed by atoms with Gasteiger partial charge in [0.15, 0.2) is 0 Å². The number of benzene rings is 1. The molecule has 2 rings (SSSR count). The maximum absolute atomic E-state index is 12.3. The summed E-state index contributed by atoms with van der Waals surface area (Å²) in [7, 11) is -3.64. The van der Waals surface area contributed by atoms with Crippen LogP contribution >= 0.6 is 0 Å². The first-order valence-electron chi connectivity index (χ1n) is 8.20. The van der Waals surface area contributed by atoms with Gasteiger partial charge >= 0.3 is 0 Å². The molecule has 0 bridgehead atoms. The van der Waals surface area contributed by atoms with Crippen LogP contribution in [0.25, 0.3) is 0 Å². The molecule has 1 amide bonds. The minimum atomic E-state index is -3.64. The van der Waals surface area contributed by atoms with Crippen molar-refractivity contribution in [2.45, 2.75) is 50.0 Å². The van der Waals surface area contributed by atoms with Crippen LogP contribution < -0.4 is 10.0 Å².